The number of rotatable bonds is 9. The number of aryl methyl sites for hydroxylation is 1. The molecule has 12 nitrogen and oxygen atoms in total. The molecule has 0 unspecified atom stereocenters. The molecular formula is C32H38N8O4. The molecule has 1 aliphatic carbocycles. The number of benzene rings is 1. The normalized spacial score (nSPS) is 18.9. The Balaban J connectivity index is 1.20. The fourth-order valence-corrected chi connectivity index (χ4v) is 5.94. The number of hydrogen-bond donors (Lipinski definition) is 3. The zero-order chi connectivity index (χ0) is 31.0. The number of hydrogen-bond acceptors (Lipinski definition) is 6. The summed E-state index contributed by atoms with van der Waals surface area (Å²) in [4.78, 5) is 50.4. The van der Waals surface area contributed by atoms with Crippen LogP contribution in [0.25, 0.3) is 33.6 Å². The van der Waals surface area contributed by atoms with Crippen molar-refractivity contribution in [2.45, 2.75) is 37.9 Å². The topological polar surface area (TPSA) is 138 Å². The summed E-state index contributed by atoms with van der Waals surface area (Å²) in [5.41, 5.74) is 3.96. The summed E-state index contributed by atoms with van der Waals surface area (Å²) in [6.07, 6.45) is 6.78. The van der Waals surface area contributed by atoms with Gasteiger partial charge in [0.25, 0.3) is 5.91 Å². The highest BCUT2D eigenvalue weighted by molar-refractivity contribution is 5.98. The van der Waals surface area contributed by atoms with Gasteiger partial charge in [-0.3, -0.25) is 9.59 Å². The maximum atomic E-state index is 13.4. The monoisotopic (exact) mass is 598 g/mol. The second kappa shape index (κ2) is 12.1. The molecule has 0 spiro atoms. The Kier molecular flexibility index (Phi) is 8.09. The van der Waals surface area contributed by atoms with Crippen LogP contribution in [-0.4, -0.2) is 97.7 Å². The van der Waals surface area contributed by atoms with Crippen LogP contribution in [0.2, 0.25) is 0 Å². The van der Waals surface area contributed by atoms with Crippen molar-refractivity contribution in [3.05, 3.63) is 60.3 Å². The van der Waals surface area contributed by atoms with Crippen molar-refractivity contribution >= 4 is 40.0 Å². The minimum atomic E-state index is -1.09. The Morgan fingerprint density at radius 1 is 1.09 bits per heavy atom. The van der Waals surface area contributed by atoms with Crippen molar-refractivity contribution < 1.29 is 19.5 Å². The zero-order valence-electron chi connectivity index (χ0n) is 25.2. The molecular weight excluding hydrogens is 560 g/mol. The molecule has 3 aromatic heterocycles. The van der Waals surface area contributed by atoms with E-state index in [0.717, 1.165) is 34.6 Å². The van der Waals surface area contributed by atoms with E-state index in [4.69, 9.17) is 4.98 Å². The number of aromatic nitrogens is 4. The highest BCUT2D eigenvalue weighted by Gasteiger charge is 2.32. The summed E-state index contributed by atoms with van der Waals surface area (Å²) in [6.45, 7) is 1.81. The Morgan fingerprint density at radius 3 is 2.59 bits per heavy atom. The van der Waals surface area contributed by atoms with Gasteiger partial charge in [0.2, 0.25) is 5.91 Å². The summed E-state index contributed by atoms with van der Waals surface area (Å²) < 4.78 is 4.30. The molecule has 3 N–H and O–H groups in total. The minimum absolute atomic E-state index is 0.138. The van der Waals surface area contributed by atoms with Gasteiger partial charge >= 0.3 is 6.09 Å². The van der Waals surface area contributed by atoms with Crippen molar-refractivity contribution in [1.82, 2.24) is 39.5 Å². The van der Waals surface area contributed by atoms with Crippen molar-refractivity contribution in [2.75, 3.05) is 33.7 Å². The van der Waals surface area contributed by atoms with Crippen LogP contribution >= 0.6 is 0 Å². The number of carbonyl (C=O) groups is 3. The van der Waals surface area contributed by atoms with Gasteiger partial charge < -0.3 is 34.7 Å². The largest absolute Gasteiger partial charge is 0.465 e. The third-order valence-corrected chi connectivity index (χ3v) is 8.31. The number of carbonyl (C=O) groups excluding carboxylic acids is 2. The van der Waals surface area contributed by atoms with Crippen molar-refractivity contribution in [1.29, 1.82) is 0 Å². The fourth-order valence-electron chi connectivity index (χ4n) is 5.94. The molecule has 44 heavy (non-hydrogen) atoms. The molecule has 1 aromatic carbocycles. The molecule has 4 aromatic rings. The van der Waals surface area contributed by atoms with Crippen LogP contribution in [0.5, 0.6) is 0 Å². The summed E-state index contributed by atoms with van der Waals surface area (Å²) >= 11 is 0. The Bertz CT molecular complexity index is 1750. The van der Waals surface area contributed by atoms with Gasteiger partial charge in [-0.05, 0) is 75.7 Å². The van der Waals surface area contributed by atoms with Gasteiger partial charge in [-0.15, -0.1) is 0 Å². The molecule has 2 atom stereocenters. The van der Waals surface area contributed by atoms with E-state index < -0.39 is 18.2 Å². The lowest BCUT2D eigenvalue weighted by Crippen LogP contribution is -2.58. The number of fused-ring (bicyclic) bond motifs is 2. The molecule has 1 saturated heterocycles. The first-order chi connectivity index (χ1) is 21.2. The van der Waals surface area contributed by atoms with Crippen molar-refractivity contribution in [2.24, 2.45) is 13.0 Å². The van der Waals surface area contributed by atoms with E-state index in [1.165, 1.54) is 23.8 Å². The van der Waals surface area contributed by atoms with E-state index in [0.29, 0.717) is 30.0 Å². The van der Waals surface area contributed by atoms with Crippen LogP contribution < -0.4 is 10.6 Å². The predicted octanol–water partition coefficient (Wildman–Crippen LogP) is 3.08. The molecule has 12 heteroatoms. The third-order valence-electron chi connectivity index (χ3n) is 8.31. The molecule has 2 aliphatic rings. The van der Waals surface area contributed by atoms with E-state index in [9.17, 15) is 19.5 Å². The molecule has 4 heterocycles. The third kappa shape index (κ3) is 6.30. The summed E-state index contributed by atoms with van der Waals surface area (Å²) in [5, 5.41) is 16.6. The molecule has 0 bridgehead atoms. The number of likely N-dealkylation sites (N-methyl/N-ethyl adjacent to an activating group) is 1. The number of pyridine rings is 1. The lowest BCUT2D eigenvalue weighted by molar-refractivity contribution is -0.117. The van der Waals surface area contributed by atoms with Crippen molar-refractivity contribution in [3.63, 3.8) is 0 Å². The van der Waals surface area contributed by atoms with Crippen LogP contribution in [0.3, 0.4) is 0 Å². The van der Waals surface area contributed by atoms with E-state index in [1.54, 1.807) is 18.2 Å². The average Bonchev–Trinajstić information content (AvgIpc) is 3.66. The van der Waals surface area contributed by atoms with Crippen LogP contribution in [-0.2, 0) is 18.4 Å². The number of carboxylic acid groups (broad SMARTS) is 1. The number of amides is 3. The standard InChI is InChI=1S/C32H38N8O4/c1-37(2)13-5-7-28(41)34-23-16-24(19-39(18-23)32(43)44)35-31(42)22-10-11-26-25(14-22)36-30(38(26)3)27-15-21-6-4-12-33-29(21)40(27)17-20-8-9-20/h4-7,10-12,14-15,20,23-24H,8-9,13,16-19H2,1-3H3,(H,34,41)(H,35,42)(H,43,44)/b7-5+/t23-,24+/m0/s1. The van der Waals surface area contributed by atoms with E-state index in [1.807, 2.05) is 48.9 Å². The quantitative estimate of drug-likeness (QED) is 0.252. The summed E-state index contributed by atoms with van der Waals surface area (Å²) in [5.74, 6) is 0.844. The first-order valence-electron chi connectivity index (χ1n) is 15.0. The van der Waals surface area contributed by atoms with E-state index in [-0.39, 0.29) is 24.9 Å². The van der Waals surface area contributed by atoms with E-state index >= 15 is 0 Å². The molecule has 2 fully saturated rings. The first kappa shape index (κ1) is 29.4. The molecule has 3 amide bonds. The highest BCUT2D eigenvalue weighted by Crippen LogP contribution is 2.36. The Morgan fingerprint density at radius 2 is 1.86 bits per heavy atom. The molecule has 6 rings (SSSR count). The van der Waals surface area contributed by atoms with Gasteiger partial charge in [0.15, 0.2) is 5.82 Å². The number of likely N-dealkylation sites (tertiary alicyclic amines) is 1. The van der Waals surface area contributed by atoms with Crippen LogP contribution in [0.1, 0.15) is 29.6 Å². The lowest BCUT2D eigenvalue weighted by atomic mass is 10.0. The molecule has 1 aliphatic heterocycles. The Labute approximate surface area is 255 Å². The average molecular weight is 599 g/mol. The van der Waals surface area contributed by atoms with Gasteiger partial charge in [0, 0.05) is 68.5 Å². The van der Waals surface area contributed by atoms with Gasteiger partial charge in [-0.2, -0.15) is 0 Å². The van der Waals surface area contributed by atoms with Gasteiger partial charge in [0.05, 0.1) is 16.7 Å². The number of imidazole rings is 1. The SMILES string of the molecule is CN(C)C/C=C/C(=O)N[C@H]1C[C@@H](NC(=O)c2ccc3c(c2)nc(-c2cc4cccnc4n2CC2CC2)n3C)CN(C(=O)O)C1. The van der Waals surface area contributed by atoms with Crippen LogP contribution in [0.4, 0.5) is 4.79 Å². The summed E-state index contributed by atoms with van der Waals surface area (Å²) in [6, 6.07) is 10.7. The molecule has 0 radical (unpaired) electrons. The second-order valence-electron chi connectivity index (χ2n) is 12.2. The lowest BCUT2D eigenvalue weighted by Gasteiger charge is -2.36. The van der Waals surface area contributed by atoms with Crippen LogP contribution in [0, 0.1) is 5.92 Å². The minimum Gasteiger partial charge on any atom is -0.465 e. The summed E-state index contributed by atoms with van der Waals surface area (Å²) in [7, 11) is 5.78. The predicted molar refractivity (Wildman–Crippen MR) is 167 cm³/mol. The Hall–Kier alpha value is -4.71. The highest BCUT2D eigenvalue weighted by atomic mass is 16.4. The fraction of sp³-hybridized carbons (Fsp3) is 0.406. The first-order valence-corrected chi connectivity index (χ1v) is 15.0. The number of nitrogens with zero attached hydrogens (tertiary/aromatic N) is 6. The molecule has 230 valence electrons. The van der Waals surface area contributed by atoms with Gasteiger partial charge in [-0.25, -0.2) is 14.8 Å². The van der Waals surface area contributed by atoms with Crippen molar-refractivity contribution in [3.8, 4) is 11.5 Å². The van der Waals surface area contributed by atoms with Gasteiger partial charge in [-0.1, -0.05) is 6.08 Å². The maximum absolute atomic E-state index is 13.4. The maximum Gasteiger partial charge on any atom is 0.407 e. The smallest absolute Gasteiger partial charge is 0.407 e. The number of piperidine rings is 1. The second-order valence-corrected chi connectivity index (χ2v) is 12.2. The zero-order valence-corrected chi connectivity index (χ0v) is 25.2. The molecule has 1 saturated carbocycles. The van der Waals surface area contributed by atoms with Gasteiger partial charge in [0.1, 0.15) is 5.65 Å². The number of nitrogens with one attached hydrogen (secondary N) is 2. The van der Waals surface area contributed by atoms with E-state index in [2.05, 4.69) is 32.3 Å². The van der Waals surface area contributed by atoms with Crippen LogP contribution in [0.15, 0.2) is 54.7 Å².